The molecule has 2 aromatic rings. The summed E-state index contributed by atoms with van der Waals surface area (Å²) in [5.41, 5.74) is 0.631. The molecule has 28 heavy (non-hydrogen) atoms. The van der Waals surface area contributed by atoms with Crippen molar-refractivity contribution in [2.45, 2.75) is 18.9 Å². The molecule has 1 atom stereocenters. The van der Waals surface area contributed by atoms with E-state index in [1.807, 2.05) is 47.4 Å². The number of hydrogen-bond donors (Lipinski definition) is 2. The van der Waals surface area contributed by atoms with Crippen LogP contribution in [0.25, 0.3) is 10.8 Å². The Morgan fingerprint density at radius 1 is 1.04 bits per heavy atom. The normalized spacial score (nSPS) is 20.4. The third kappa shape index (κ3) is 4.34. The lowest BCUT2D eigenvalue weighted by atomic mass is 10.1. The monoisotopic (exact) mass is 380 g/mol. The van der Waals surface area contributed by atoms with Crippen LogP contribution >= 0.6 is 0 Å². The van der Waals surface area contributed by atoms with Gasteiger partial charge < -0.3 is 15.5 Å². The zero-order valence-corrected chi connectivity index (χ0v) is 16.2. The summed E-state index contributed by atoms with van der Waals surface area (Å²) in [5.74, 6) is 0.00936. The molecule has 0 aliphatic carbocycles. The minimum atomic E-state index is -0.126. The molecule has 4 rings (SSSR count). The van der Waals surface area contributed by atoms with E-state index in [9.17, 15) is 9.59 Å². The molecule has 0 saturated carbocycles. The predicted molar refractivity (Wildman–Crippen MR) is 110 cm³/mol. The second-order valence-electron chi connectivity index (χ2n) is 7.64. The highest BCUT2D eigenvalue weighted by atomic mass is 16.2. The number of carbonyl (C=O) groups excluding carboxylic acids is 2. The number of nitrogens with one attached hydrogen (secondary N) is 2. The highest BCUT2D eigenvalue weighted by Crippen LogP contribution is 2.17. The quantitative estimate of drug-likeness (QED) is 0.825. The van der Waals surface area contributed by atoms with Gasteiger partial charge in [0, 0.05) is 63.8 Å². The average Bonchev–Trinajstić information content (AvgIpc) is 3.24. The molecule has 0 spiro atoms. The molecule has 2 heterocycles. The summed E-state index contributed by atoms with van der Waals surface area (Å²) in [5, 5.41) is 8.42. The van der Waals surface area contributed by atoms with Crippen molar-refractivity contribution in [3.63, 3.8) is 0 Å². The lowest BCUT2D eigenvalue weighted by molar-refractivity contribution is -0.130. The van der Waals surface area contributed by atoms with Gasteiger partial charge in [-0.25, -0.2) is 0 Å². The van der Waals surface area contributed by atoms with Gasteiger partial charge in [0.2, 0.25) is 5.91 Å². The van der Waals surface area contributed by atoms with Crippen LogP contribution in [0.1, 0.15) is 23.2 Å². The Morgan fingerprint density at radius 3 is 2.64 bits per heavy atom. The van der Waals surface area contributed by atoms with Crippen molar-refractivity contribution < 1.29 is 9.59 Å². The maximum absolute atomic E-state index is 12.5. The number of fused-ring (bicyclic) bond motifs is 1. The molecule has 6 nitrogen and oxygen atoms in total. The van der Waals surface area contributed by atoms with Crippen molar-refractivity contribution in [3.8, 4) is 0 Å². The number of rotatable bonds is 5. The summed E-state index contributed by atoms with van der Waals surface area (Å²) in [4.78, 5) is 29.4. The first-order valence-corrected chi connectivity index (χ1v) is 10.2. The van der Waals surface area contributed by atoms with Gasteiger partial charge in [-0.2, -0.15) is 0 Å². The van der Waals surface area contributed by atoms with E-state index >= 15 is 0 Å². The molecule has 148 valence electrons. The van der Waals surface area contributed by atoms with Gasteiger partial charge in [-0.15, -0.1) is 0 Å². The standard InChI is InChI=1S/C22H28N4O2/c27-21(26-12-8-20(16-26)25-13-10-23-11-14-25)7-9-24-22(28)19-6-5-17-3-1-2-4-18(17)15-19/h1-6,15,20,23H,7-14,16H2,(H,24,28). The minimum absolute atomic E-state index is 0.126. The second kappa shape index (κ2) is 8.71. The maximum atomic E-state index is 12.5. The fraction of sp³-hybridized carbons (Fsp3) is 0.455. The van der Waals surface area contributed by atoms with Gasteiger partial charge in [-0.3, -0.25) is 14.5 Å². The van der Waals surface area contributed by atoms with Crippen LogP contribution in [0, 0.1) is 0 Å². The number of amides is 2. The second-order valence-corrected chi connectivity index (χ2v) is 7.64. The zero-order valence-electron chi connectivity index (χ0n) is 16.2. The van der Waals surface area contributed by atoms with Crippen LogP contribution in [-0.2, 0) is 4.79 Å². The Morgan fingerprint density at radius 2 is 1.82 bits per heavy atom. The maximum Gasteiger partial charge on any atom is 0.251 e. The van der Waals surface area contributed by atoms with Gasteiger partial charge in [0.1, 0.15) is 0 Å². The molecule has 2 N–H and O–H groups in total. The number of nitrogens with zero attached hydrogens (tertiary/aromatic N) is 2. The van der Waals surface area contributed by atoms with E-state index < -0.39 is 0 Å². The Bertz CT molecular complexity index is 847. The summed E-state index contributed by atoms with van der Waals surface area (Å²) in [6.07, 6.45) is 1.41. The molecular formula is C22H28N4O2. The van der Waals surface area contributed by atoms with Crippen molar-refractivity contribution in [2.75, 3.05) is 45.8 Å². The highest BCUT2D eigenvalue weighted by molar-refractivity contribution is 5.98. The van der Waals surface area contributed by atoms with Crippen LogP contribution in [0.2, 0.25) is 0 Å². The zero-order chi connectivity index (χ0) is 19.3. The van der Waals surface area contributed by atoms with Gasteiger partial charge in [0.15, 0.2) is 0 Å². The molecule has 2 aliphatic heterocycles. The highest BCUT2D eigenvalue weighted by Gasteiger charge is 2.30. The number of likely N-dealkylation sites (tertiary alicyclic amines) is 1. The molecule has 0 aromatic heterocycles. The first-order valence-electron chi connectivity index (χ1n) is 10.2. The summed E-state index contributed by atoms with van der Waals surface area (Å²) in [7, 11) is 0. The Kier molecular flexibility index (Phi) is 5.88. The van der Waals surface area contributed by atoms with Crippen LogP contribution in [-0.4, -0.2) is 73.5 Å². The van der Waals surface area contributed by atoms with Gasteiger partial charge in [-0.05, 0) is 29.3 Å². The van der Waals surface area contributed by atoms with Gasteiger partial charge >= 0.3 is 0 Å². The number of carbonyl (C=O) groups is 2. The predicted octanol–water partition coefficient (Wildman–Crippen LogP) is 1.47. The SMILES string of the molecule is O=C(NCCC(=O)N1CCC(N2CCNCC2)C1)c1ccc2ccccc2c1. The Hall–Kier alpha value is -2.44. The summed E-state index contributed by atoms with van der Waals surface area (Å²) in [6, 6.07) is 14.1. The van der Waals surface area contributed by atoms with E-state index in [2.05, 4.69) is 15.5 Å². The summed E-state index contributed by atoms with van der Waals surface area (Å²) >= 11 is 0. The van der Waals surface area contributed by atoms with Crippen molar-refractivity contribution in [3.05, 3.63) is 48.0 Å². The van der Waals surface area contributed by atoms with E-state index in [1.165, 1.54) is 0 Å². The van der Waals surface area contributed by atoms with Crippen LogP contribution in [0.4, 0.5) is 0 Å². The van der Waals surface area contributed by atoms with Crippen molar-refractivity contribution in [1.29, 1.82) is 0 Å². The molecule has 2 fully saturated rings. The topological polar surface area (TPSA) is 64.7 Å². The van der Waals surface area contributed by atoms with Crippen molar-refractivity contribution in [1.82, 2.24) is 20.4 Å². The van der Waals surface area contributed by atoms with Gasteiger partial charge in [0.05, 0.1) is 0 Å². The fourth-order valence-corrected chi connectivity index (χ4v) is 4.19. The molecule has 2 aromatic carbocycles. The van der Waals surface area contributed by atoms with Crippen LogP contribution < -0.4 is 10.6 Å². The van der Waals surface area contributed by atoms with Crippen LogP contribution in [0.15, 0.2) is 42.5 Å². The molecule has 0 radical (unpaired) electrons. The first-order chi connectivity index (χ1) is 13.7. The fourth-order valence-electron chi connectivity index (χ4n) is 4.19. The third-order valence-electron chi connectivity index (χ3n) is 5.82. The van der Waals surface area contributed by atoms with Crippen molar-refractivity contribution >= 4 is 22.6 Å². The summed E-state index contributed by atoms with van der Waals surface area (Å²) < 4.78 is 0. The van der Waals surface area contributed by atoms with E-state index in [1.54, 1.807) is 0 Å². The molecule has 2 aliphatic rings. The third-order valence-corrected chi connectivity index (χ3v) is 5.82. The van der Waals surface area contributed by atoms with Gasteiger partial charge in [0.25, 0.3) is 5.91 Å². The largest absolute Gasteiger partial charge is 0.352 e. The first kappa shape index (κ1) is 18.9. The lowest BCUT2D eigenvalue weighted by Gasteiger charge is -2.32. The van der Waals surface area contributed by atoms with E-state index in [-0.39, 0.29) is 11.8 Å². The number of hydrogen-bond acceptors (Lipinski definition) is 4. The van der Waals surface area contributed by atoms with Crippen molar-refractivity contribution in [2.24, 2.45) is 0 Å². The molecular weight excluding hydrogens is 352 g/mol. The summed E-state index contributed by atoms with van der Waals surface area (Å²) in [6.45, 7) is 6.21. The van der Waals surface area contributed by atoms with Crippen LogP contribution in [0.5, 0.6) is 0 Å². The molecule has 6 heteroatoms. The van der Waals surface area contributed by atoms with Crippen LogP contribution in [0.3, 0.4) is 0 Å². The number of piperazine rings is 1. The smallest absolute Gasteiger partial charge is 0.251 e. The van der Waals surface area contributed by atoms with E-state index in [0.29, 0.717) is 24.6 Å². The average molecular weight is 380 g/mol. The van der Waals surface area contributed by atoms with Gasteiger partial charge in [-0.1, -0.05) is 30.3 Å². The number of benzene rings is 2. The lowest BCUT2D eigenvalue weighted by Crippen LogP contribution is -2.49. The molecule has 2 amide bonds. The molecule has 2 saturated heterocycles. The Labute approximate surface area is 165 Å². The van der Waals surface area contributed by atoms with E-state index in [4.69, 9.17) is 0 Å². The van der Waals surface area contributed by atoms with E-state index in [0.717, 1.165) is 56.5 Å². The molecule has 1 unspecified atom stereocenters. The molecule has 0 bridgehead atoms. The minimum Gasteiger partial charge on any atom is -0.352 e. The Balaban J connectivity index is 1.24.